The normalized spacial score (nSPS) is 17.5. The molecule has 13 nitrogen and oxygen atoms in total. The molecule has 0 spiro atoms. The van der Waals surface area contributed by atoms with Gasteiger partial charge in [-0.05, 0) is 38.2 Å². The Morgan fingerprint density at radius 2 is 1.76 bits per heavy atom. The monoisotopic (exact) mass is 723 g/mol. The van der Waals surface area contributed by atoms with Crippen LogP contribution >= 0.6 is 34.9 Å². The van der Waals surface area contributed by atoms with E-state index in [2.05, 4.69) is 20.8 Å². The molecule has 2 N–H and O–H groups in total. The van der Waals surface area contributed by atoms with Gasteiger partial charge in [-0.2, -0.15) is 0 Å². The minimum Gasteiger partial charge on any atom is -0.457 e. The number of benzene rings is 2. The number of ether oxygens (including phenoxy) is 2. The van der Waals surface area contributed by atoms with E-state index in [1.807, 2.05) is 66.9 Å². The minimum absolute atomic E-state index is 0.0395. The SMILES string of the molecule is CSC1=C(C(=O)OC(c2ccccc2)c2ccccc2)N2C(=O)C(NC(=O)/C(=N/OCC(=O)OC(C)(C)C)c3csc(NC=O)n3)[C@H]2SC1. The molecule has 0 aliphatic carbocycles. The molecule has 2 aliphatic heterocycles. The first-order valence-corrected chi connectivity index (χ1v) is 18.1. The van der Waals surface area contributed by atoms with Crippen LogP contribution in [0, 0.1) is 0 Å². The van der Waals surface area contributed by atoms with Crippen molar-refractivity contribution in [3.63, 3.8) is 0 Å². The Morgan fingerprint density at radius 3 is 2.35 bits per heavy atom. The Kier molecular flexibility index (Phi) is 11.4. The number of β-lactam (4-membered cyclic amide) rings is 1. The number of carbonyl (C=O) groups is 5. The summed E-state index contributed by atoms with van der Waals surface area (Å²) in [5.74, 6) is -2.31. The van der Waals surface area contributed by atoms with Crippen LogP contribution in [0.2, 0.25) is 0 Å². The molecule has 1 fully saturated rings. The number of esters is 2. The van der Waals surface area contributed by atoms with Gasteiger partial charge < -0.3 is 24.9 Å². The standard InChI is InChI=1S/C33H33N5O8S3/c1-33(2,3)46-23(40)15-44-37-24(21-16-49-32(35-21)34-18-39)28(41)36-25-29(42)38-26(22(47-4)17-48-30(25)38)31(43)45-27(19-11-7-5-8-12-19)20-13-9-6-10-14-20/h5-14,16,18,25,27,30H,15,17H2,1-4H3,(H,36,41)(H,34,35,39)/b37-24+/t25?,30-/m1/s1. The molecule has 256 valence electrons. The van der Waals surface area contributed by atoms with Gasteiger partial charge in [0.1, 0.15) is 28.4 Å². The molecule has 16 heteroatoms. The zero-order chi connectivity index (χ0) is 35.1. The minimum atomic E-state index is -1.02. The fraction of sp³-hybridized carbons (Fsp3) is 0.303. The van der Waals surface area contributed by atoms with E-state index >= 15 is 0 Å². The van der Waals surface area contributed by atoms with Gasteiger partial charge in [0.25, 0.3) is 11.8 Å². The second kappa shape index (κ2) is 15.7. The van der Waals surface area contributed by atoms with Crippen LogP contribution < -0.4 is 10.6 Å². The first-order valence-electron chi connectivity index (χ1n) is 14.9. The van der Waals surface area contributed by atoms with E-state index in [0.717, 1.165) is 22.5 Å². The summed E-state index contributed by atoms with van der Waals surface area (Å²) in [6.07, 6.45) is 1.53. The second-order valence-corrected chi connectivity index (χ2v) is 14.4. The number of aromatic nitrogens is 1. The molecule has 3 amide bonds. The molecular formula is C33H33N5O8S3. The molecule has 0 radical (unpaired) electrons. The van der Waals surface area contributed by atoms with Crippen molar-refractivity contribution in [2.24, 2.45) is 5.16 Å². The summed E-state index contributed by atoms with van der Waals surface area (Å²) >= 11 is 3.76. The molecule has 3 aromatic rings. The smallest absolute Gasteiger partial charge is 0.356 e. The van der Waals surface area contributed by atoms with Crippen LogP contribution in [-0.2, 0) is 38.3 Å². The van der Waals surface area contributed by atoms with Crippen LogP contribution in [0.25, 0.3) is 0 Å². The zero-order valence-corrected chi connectivity index (χ0v) is 29.4. The summed E-state index contributed by atoms with van der Waals surface area (Å²) in [5.41, 5.74) is 0.607. The van der Waals surface area contributed by atoms with Gasteiger partial charge in [-0.25, -0.2) is 14.6 Å². The lowest BCUT2D eigenvalue weighted by molar-refractivity contribution is -0.160. The highest BCUT2D eigenvalue weighted by molar-refractivity contribution is 8.05. The van der Waals surface area contributed by atoms with Crippen molar-refractivity contribution in [3.8, 4) is 0 Å². The van der Waals surface area contributed by atoms with E-state index in [1.165, 1.54) is 33.8 Å². The van der Waals surface area contributed by atoms with Gasteiger partial charge in [0.15, 0.2) is 16.9 Å². The van der Waals surface area contributed by atoms with Crippen LogP contribution in [0.5, 0.6) is 0 Å². The predicted octanol–water partition coefficient (Wildman–Crippen LogP) is 4.08. The molecule has 1 saturated heterocycles. The molecule has 1 unspecified atom stereocenters. The van der Waals surface area contributed by atoms with Crippen molar-refractivity contribution >= 4 is 75.9 Å². The van der Waals surface area contributed by atoms with E-state index in [0.29, 0.717) is 17.1 Å². The van der Waals surface area contributed by atoms with Crippen molar-refractivity contribution in [2.45, 2.75) is 43.9 Å². The number of thiazole rings is 1. The number of rotatable bonds is 13. The molecule has 0 saturated carbocycles. The zero-order valence-electron chi connectivity index (χ0n) is 26.9. The topological polar surface area (TPSA) is 166 Å². The fourth-order valence-corrected chi connectivity index (χ4v) is 7.82. The third-order valence-corrected chi connectivity index (χ3v) is 10.1. The van der Waals surface area contributed by atoms with Crippen molar-refractivity contribution < 1.29 is 38.3 Å². The number of thioether (sulfide) groups is 2. The Bertz CT molecular complexity index is 1740. The van der Waals surface area contributed by atoms with E-state index in [4.69, 9.17) is 14.3 Å². The molecule has 2 atom stereocenters. The molecule has 49 heavy (non-hydrogen) atoms. The van der Waals surface area contributed by atoms with Crippen LogP contribution in [0.15, 0.2) is 81.8 Å². The summed E-state index contributed by atoms with van der Waals surface area (Å²) in [5, 5.41) is 9.96. The van der Waals surface area contributed by atoms with E-state index in [-0.39, 0.29) is 22.2 Å². The number of oxime groups is 1. The predicted molar refractivity (Wildman–Crippen MR) is 187 cm³/mol. The fourth-order valence-electron chi connectivity index (χ4n) is 4.92. The first-order chi connectivity index (χ1) is 23.5. The lowest BCUT2D eigenvalue weighted by Crippen LogP contribution is -2.71. The van der Waals surface area contributed by atoms with E-state index in [9.17, 15) is 24.0 Å². The number of nitrogens with zero attached hydrogens (tertiary/aromatic N) is 3. The third-order valence-electron chi connectivity index (χ3n) is 6.99. The summed E-state index contributed by atoms with van der Waals surface area (Å²) in [7, 11) is 0. The van der Waals surface area contributed by atoms with Gasteiger partial charge in [0.05, 0.1) is 0 Å². The van der Waals surface area contributed by atoms with Crippen molar-refractivity contribution in [1.82, 2.24) is 15.2 Å². The summed E-state index contributed by atoms with van der Waals surface area (Å²) in [6, 6.07) is 17.6. The highest BCUT2D eigenvalue weighted by atomic mass is 32.2. The third kappa shape index (κ3) is 8.50. The highest BCUT2D eigenvalue weighted by Gasteiger charge is 2.55. The average Bonchev–Trinajstić information content (AvgIpc) is 3.55. The molecule has 0 bridgehead atoms. The summed E-state index contributed by atoms with van der Waals surface area (Å²) in [6.45, 7) is 4.49. The maximum Gasteiger partial charge on any atom is 0.356 e. The number of hydrogen-bond acceptors (Lipinski definition) is 13. The van der Waals surface area contributed by atoms with Gasteiger partial charge in [-0.3, -0.25) is 19.3 Å². The van der Waals surface area contributed by atoms with Gasteiger partial charge in [-0.15, -0.1) is 34.9 Å². The quantitative estimate of drug-likeness (QED) is 0.0858. The number of nitrogens with one attached hydrogen (secondary N) is 2. The number of fused-ring (bicyclic) bond motifs is 1. The lowest BCUT2D eigenvalue weighted by Gasteiger charge is -2.49. The number of hydrogen-bond donors (Lipinski definition) is 2. The lowest BCUT2D eigenvalue weighted by atomic mass is 10.0. The Hall–Kier alpha value is -4.67. The summed E-state index contributed by atoms with van der Waals surface area (Å²) in [4.78, 5) is 75.6. The maximum absolute atomic E-state index is 13.9. The Labute approximate surface area is 294 Å². The molecule has 1 aromatic heterocycles. The van der Waals surface area contributed by atoms with Crippen molar-refractivity contribution in [3.05, 3.63) is 93.5 Å². The summed E-state index contributed by atoms with van der Waals surface area (Å²) < 4.78 is 11.3. The van der Waals surface area contributed by atoms with Crippen LogP contribution in [-0.4, -0.2) is 81.4 Å². The van der Waals surface area contributed by atoms with Gasteiger partial charge in [0.2, 0.25) is 13.0 Å². The number of anilines is 1. The molecule has 3 heterocycles. The first kappa shape index (κ1) is 35.6. The van der Waals surface area contributed by atoms with Crippen molar-refractivity contribution in [1.29, 1.82) is 0 Å². The van der Waals surface area contributed by atoms with Crippen LogP contribution in [0.4, 0.5) is 5.13 Å². The van der Waals surface area contributed by atoms with Crippen molar-refractivity contribution in [2.75, 3.05) is 23.9 Å². The van der Waals surface area contributed by atoms with Crippen LogP contribution in [0.1, 0.15) is 43.7 Å². The average molecular weight is 724 g/mol. The highest BCUT2D eigenvalue weighted by Crippen LogP contribution is 2.44. The molecule has 2 aromatic carbocycles. The second-order valence-electron chi connectivity index (χ2n) is 11.5. The Balaban J connectivity index is 1.34. The molecule has 5 rings (SSSR count). The van der Waals surface area contributed by atoms with E-state index < -0.39 is 53.5 Å². The van der Waals surface area contributed by atoms with Gasteiger partial charge in [0, 0.05) is 16.0 Å². The van der Waals surface area contributed by atoms with Crippen LogP contribution in [0.3, 0.4) is 0 Å². The Morgan fingerprint density at radius 1 is 1.10 bits per heavy atom. The molecule has 2 aliphatic rings. The largest absolute Gasteiger partial charge is 0.457 e. The number of amides is 3. The van der Waals surface area contributed by atoms with Gasteiger partial charge in [-0.1, -0.05) is 65.8 Å². The van der Waals surface area contributed by atoms with E-state index in [1.54, 1.807) is 20.8 Å². The molecular weight excluding hydrogens is 691 g/mol. The number of carbonyl (C=O) groups excluding carboxylic acids is 5. The maximum atomic E-state index is 13.9. The van der Waals surface area contributed by atoms with Gasteiger partial charge >= 0.3 is 11.9 Å².